The van der Waals surface area contributed by atoms with Crippen LogP contribution in [0.4, 0.5) is 0 Å². The molecule has 2 aromatic rings. The van der Waals surface area contributed by atoms with E-state index >= 15 is 0 Å². The fraction of sp³-hybridized carbons (Fsp3) is 0.200. The van der Waals surface area contributed by atoms with Crippen LogP contribution in [0.15, 0.2) is 35.5 Å². The summed E-state index contributed by atoms with van der Waals surface area (Å²) in [4.78, 5) is 18.0. The Bertz CT molecular complexity index is 467. The van der Waals surface area contributed by atoms with Crippen molar-refractivity contribution in [2.45, 2.75) is 13.5 Å². The Hall–Kier alpha value is -1.84. The number of hydrogen-bond acceptors (Lipinski definition) is 2. The zero-order chi connectivity index (χ0) is 9.97. The van der Waals surface area contributed by atoms with Crippen molar-refractivity contribution in [2.75, 3.05) is 0 Å². The minimum Gasteiger partial charge on any atom is -0.313 e. The molecule has 0 saturated heterocycles. The molecule has 0 amide bonds. The van der Waals surface area contributed by atoms with Gasteiger partial charge in [0.15, 0.2) is 0 Å². The van der Waals surface area contributed by atoms with Gasteiger partial charge < -0.3 is 4.98 Å². The maximum atomic E-state index is 11.2. The number of aryl methyl sites for hydroxylation is 1. The van der Waals surface area contributed by atoms with Gasteiger partial charge in [-0.15, -0.1) is 0 Å². The Morgan fingerprint density at radius 1 is 1.50 bits per heavy atom. The number of aromatic nitrogens is 3. The number of hydrogen-bond donors (Lipinski definition) is 1. The Kier molecular flexibility index (Phi) is 2.18. The second-order valence-corrected chi connectivity index (χ2v) is 3.22. The smallest absolute Gasteiger partial charge is 0.313 e. The Labute approximate surface area is 81.2 Å². The molecule has 1 N–H and O–H groups in total. The highest BCUT2D eigenvalue weighted by Gasteiger charge is 1.98. The van der Waals surface area contributed by atoms with Gasteiger partial charge in [0.2, 0.25) is 0 Å². The first kappa shape index (κ1) is 8.74. The Morgan fingerprint density at radius 2 is 2.36 bits per heavy atom. The predicted octanol–water partition coefficient (Wildman–Crippen LogP) is 0.928. The first-order valence-electron chi connectivity index (χ1n) is 4.41. The lowest BCUT2D eigenvalue weighted by molar-refractivity contribution is 0.741. The maximum Gasteiger partial charge on any atom is 0.325 e. The average molecular weight is 189 g/mol. The van der Waals surface area contributed by atoms with E-state index in [0.717, 1.165) is 11.3 Å². The fourth-order valence-corrected chi connectivity index (χ4v) is 1.24. The van der Waals surface area contributed by atoms with Crippen LogP contribution in [0.1, 0.15) is 11.3 Å². The molecule has 14 heavy (non-hydrogen) atoms. The van der Waals surface area contributed by atoms with Crippen LogP contribution in [0.3, 0.4) is 0 Å². The van der Waals surface area contributed by atoms with Crippen LogP contribution < -0.4 is 5.69 Å². The van der Waals surface area contributed by atoms with Gasteiger partial charge in [0.1, 0.15) is 0 Å². The number of nitrogens with one attached hydrogen (secondary N) is 1. The van der Waals surface area contributed by atoms with Gasteiger partial charge in [0, 0.05) is 18.6 Å². The van der Waals surface area contributed by atoms with E-state index in [1.807, 2.05) is 19.1 Å². The molecule has 0 aliphatic carbocycles. The van der Waals surface area contributed by atoms with Crippen LogP contribution in [0.25, 0.3) is 0 Å². The summed E-state index contributed by atoms with van der Waals surface area (Å²) in [6.45, 7) is 2.50. The van der Waals surface area contributed by atoms with Gasteiger partial charge in [-0.1, -0.05) is 6.07 Å². The van der Waals surface area contributed by atoms with Crippen LogP contribution in [0, 0.1) is 6.92 Å². The molecule has 0 atom stereocenters. The van der Waals surface area contributed by atoms with E-state index in [1.54, 1.807) is 23.2 Å². The quantitative estimate of drug-likeness (QED) is 0.764. The SMILES string of the molecule is Cc1ccc(Cn2cc[nH]c2=O)nc1. The number of aromatic amines is 1. The van der Waals surface area contributed by atoms with Crippen LogP contribution in [-0.2, 0) is 6.54 Å². The van der Waals surface area contributed by atoms with Gasteiger partial charge in [-0.3, -0.25) is 9.55 Å². The summed E-state index contributed by atoms with van der Waals surface area (Å²) in [7, 11) is 0. The lowest BCUT2D eigenvalue weighted by Gasteiger charge is -2.00. The molecule has 0 aliphatic rings. The molecule has 0 unspecified atom stereocenters. The molecular formula is C10H11N3O. The number of pyridine rings is 1. The van der Waals surface area contributed by atoms with Crippen molar-refractivity contribution in [3.63, 3.8) is 0 Å². The monoisotopic (exact) mass is 189 g/mol. The molecule has 0 aromatic carbocycles. The average Bonchev–Trinajstić information content (AvgIpc) is 2.56. The number of rotatable bonds is 2. The number of imidazole rings is 1. The topological polar surface area (TPSA) is 50.7 Å². The first-order chi connectivity index (χ1) is 6.75. The zero-order valence-electron chi connectivity index (χ0n) is 7.90. The van der Waals surface area contributed by atoms with Crippen molar-refractivity contribution in [3.8, 4) is 0 Å². The Morgan fingerprint density at radius 3 is 2.93 bits per heavy atom. The number of H-pyrrole nitrogens is 1. The molecule has 0 radical (unpaired) electrons. The molecule has 72 valence electrons. The number of nitrogens with zero attached hydrogens (tertiary/aromatic N) is 2. The molecule has 0 spiro atoms. The molecule has 4 heteroatoms. The van der Waals surface area contributed by atoms with E-state index in [1.165, 1.54) is 0 Å². The predicted molar refractivity (Wildman–Crippen MR) is 53.1 cm³/mol. The molecule has 2 aromatic heterocycles. The van der Waals surface area contributed by atoms with Gasteiger partial charge in [0.05, 0.1) is 12.2 Å². The molecule has 0 bridgehead atoms. The van der Waals surface area contributed by atoms with Gasteiger partial charge in [0.25, 0.3) is 0 Å². The summed E-state index contributed by atoms with van der Waals surface area (Å²) in [6.07, 6.45) is 5.13. The molecule has 0 fully saturated rings. The second kappa shape index (κ2) is 3.49. The summed E-state index contributed by atoms with van der Waals surface area (Å²) < 4.78 is 1.58. The summed E-state index contributed by atoms with van der Waals surface area (Å²) >= 11 is 0. The first-order valence-corrected chi connectivity index (χ1v) is 4.41. The maximum absolute atomic E-state index is 11.2. The normalized spacial score (nSPS) is 10.4. The second-order valence-electron chi connectivity index (χ2n) is 3.22. The third-order valence-corrected chi connectivity index (χ3v) is 2.03. The molecule has 4 nitrogen and oxygen atoms in total. The third kappa shape index (κ3) is 1.74. The lowest BCUT2D eigenvalue weighted by Crippen LogP contribution is -2.17. The Balaban J connectivity index is 2.23. The van der Waals surface area contributed by atoms with Crippen molar-refractivity contribution >= 4 is 0 Å². The van der Waals surface area contributed by atoms with Gasteiger partial charge in [-0.05, 0) is 18.6 Å². The fourth-order valence-electron chi connectivity index (χ4n) is 1.24. The van der Waals surface area contributed by atoms with Crippen LogP contribution in [0.5, 0.6) is 0 Å². The molecule has 2 heterocycles. The van der Waals surface area contributed by atoms with E-state index < -0.39 is 0 Å². The van der Waals surface area contributed by atoms with Crippen molar-refractivity contribution in [1.82, 2.24) is 14.5 Å². The van der Waals surface area contributed by atoms with Gasteiger partial charge >= 0.3 is 5.69 Å². The van der Waals surface area contributed by atoms with Crippen LogP contribution in [0.2, 0.25) is 0 Å². The van der Waals surface area contributed by atoms with Crippen LogP contribution in [-0.4, -0.2) is 14.5 Å². The van der Waals surface area contributed by atoms with Gasteiger partial charge in [-0.2, -0.15) is 0 Å². The van der Waals surface area contributed by atoms with E-state index in [4.69, 9.17) is 0 Å². The summed E-state index contributed by atoms with van der Waals surface area (Å²) in [5.41, 5.74) is 1.90. The molecule has 0 aliphatic heterocycles. The van der Waals surface area contributed by atoms with Crippen molar-refractivity contribution in [3.05, 3.63) is 52.5 Å². The zero-order valence-corrected chi connectivity index (χ0v) is 7.90. The summed E-state index contributed by atoms with van der Waals surface area (Å²) in [5, 5.41) is 0. The molecule has 0 saturated carbocycles. The van der Waals surface area contributed by atoms with Gasteiger partial charge in [-0.25, -0.2) is 4.79 Å². The highest BCUT2D eigenvalue weighted by Crippen LogP contribution is 1.99. The molecular weight excluding hydrogens is 178 g/mol. The van der Waals surface area contributed by atoms with Crippen molar-refractivity contribution in [2.24, 2.45) is 0 Å². The van der Waals surface area contributed by atoms with E-state index in [2.05, 4.69) is 9.97 Å². The highest BCUT2D eigenvalue weighted by molar-refractivity contribution is 5.12. The summed E-state index contributed by atoms with van der Waals surface area (Å²) in [6, 6.07) is 3.91. The lowest BCUT2D eigenvalue weighted by atomic mass is 10.3. The van der Waals surface area contributed by atoms with E-state index in [9.17, 15) is 4.79 Å². The minimum atomic E-state index is -0.104. The largest absolute Gasteiger partial charge is 0.325 e. The van der Waals surface area contributed by atoms with E-state index in [-0.39, 0.29) is 5.69 Å². The summed E-state index contributed by atoms with van der Waals surface area (Å²) in [5.74, 6) is 0. The third-order valence-electron chi connectivity index (χ3n) is 2.03. The van der Waals surface area contributed by atoms with Crippen molar-refractivity contribution < 1.29 is 0 Å². The van der Waals surface area contributed by atoms with Crippen LogP contribution >= 0.6 is 0 Å². The van der Waals surface area contributed by atoms with Crippen molar-refractivity contribution in [1.29, 1.82) is 0 Å². The molecule has 2 rings (SSSR count). The minimum absolute atomic E-state index is 0.104. The highest BCUT2D eigenvalue weighted by atomic mass is 16.1. The van der Waals surface area contributed by atoms with E-state index in [0.29, 0.717) is 6.54 Å². The standard InChI is InChI=1S/C10H11N3O/c1-8-2-3-9(12-6-8)7-13-5-4-11-10(13)14/h2-6H,7H2,1H3,(H,11,14).